The van der Waals surface area contributed by atoms with Gasteiger partial charge in [0.15, 0.2) is 0 Å². The first-order valence-electron chi connectivity index (χ1n) is 5.09. The summed E-state index contributed by atoms with van der Waals surface area (Å²) >= 11 is 0. The molecule has 4 nitrogen and oxygen atoms in total. The van der Waals surface area contributed by atoms with Gasteiger partial charge in [0.1, 0.15) is 0 Å². The van der Waals surface area contributed by atoms with Crippen LogP contribution in [0.1, 0.15) is 5.56 Å². The van der Waals surface area contributed by atoms with E-state index >= 15 is 0 Å². The molecule has 0 spiro atoms. The van der Waals surface area contributed by atoms with Crippen LogP contribution in [-0.2, 0) is 11.2 Å². The maximum atomic E-state index is 9.00. The molecule has 0 saturated carbocycles. The zero-order chi connectivity index (χ0) is 10.9. The number of methoxy groups -OCH3 is 1. The molecule has 0 aliphatic rings. The van der Waals surface area contributed by atoms with Crippen molar-refractivity contribution >= 4 is 0 Å². The standard InChI is InChI=1S/C11H18N2O2/c1-15-9-11(8-14)13-6-4-10-3-2-5-12-7-10/h2-3,5,7,11,13-14H,4,6,8-9H2,1H3. The van der Waals surface area contributed by atoms with Crippen LogP contribution in [0.5, 0.6) is 0 Å². The Morgan fingerprint density at radius 3 is 3.07 bits per heavy atom. The molecule has 1 unspecified atom stereocenters. The van der Waals surface area contributed by atoms with Crippen molar-refractivity contribution in [2.45, 2.75) is 12.5 Å². The molecule has 1 atom stereocenters. The molecule has 0 fully saturated rings. The zero-order valence-corrected chi connectivity index (χ0v) is 9.02. The minimum absolute atomic E-state index is 0.0201. The van der Waals surface area contributed by atoms with Gasteiger partial charge in [-0.15, -0.1) is 0 Å². The molecule has 1 heterocycles. The molecular weight excluding hydrogens is 192 g/mol. The zero-order valence-electron chi connectivity index (χ0n) is 9.02. The summed E-state index contributed by atoms with van der Waals surface area (Å²) in [6, 6.07) is 3.99. The lowest BCUT2D eigenvalue weighted by molar-refractivity contribution is 0.129. The number of hydrogen-bond donors (Lipinski definition) is 2. The number of pyridine rings is 1. The molecule has 1 rings (SSSR count). The maximum absolute atomic E-state index is 9.00. The molecule has 15 heavy (non-hydrogen) atoms. The fourth-order valence-electron chi connectivity index (χ4n) is 1.34. The lowest BCUT2D eigenvalue weighted by Gasteiger charge is -2.14. The van der Waals surface area contributed by atoms with Crippen LogP contribution in [0, 0.1) is 0 Å². The van der Waals surface area contributed by atoms with Crippen LogP contribution in [0.4, 0.5) is 0 Å². The Balaban J connectivity index is 2.20. The summed E-state index contributed by atoms with van der Waals surface area (Å²) < 4.78 is 4.96. The van der Waals surface area contributed by atoms with Gasteiger partial charge in [0.25, 0.3) is 0 Å². The summed E-state index contributed by atoms with van der Waals surface area (Å²) in [5.74, 6) is 0. The lowest BCUT2D eigenvalue weighted by Crippen LogP contribution is -2.37. The van der Waals surface area contributed by atoms with Crippen molar-refractivity contribution in [2.24, 2.45) is 0 Å². The van der Waals surface area contributed by atoms with E-state index in [0.29, 0.717) is 6.61 Å². The number of nitrogens with zero attached hydrogens (tertiary/aromatic N) is 1. The number of ether oxygens (including phenoxy) is 1. The van der Waals surface area contributed by atoms with Gasteiger partial charge in [-0.2, -0.15) is 0 Å². The van der Waals surface area contributed by atoms with Gasteiger partial charge in [0.2, 0.25) is 0 Å². The Labute approximate surface area is 90.3 Å². The molecule has 0 radical (unpaired) electrons. The van der Waals surface area contributed by atoms with E-state index in [1.807, 2.05) is 18.3 Å². The van der Waals surface area contributed by atoms with E-state index in [4.69, 9.17) is 9.84 Å². The SMILES string of the molecule is COCC(CO)NCCc1cccnc1. The fourth-order valence-corrected chi connectivity index (χ4v) is 1.34. The number of aliphatic hydroxyl groups excluding tert-OH is 1. The van der Waals surface area contributed by atoms with Gasteiger partial charge >= 0.3 is 0 Å². The van der Waals surface area contributed by atoms with E-state index in [-0.39, 0.29) is 12.6 Å². The van der Waals surface area contributed by atoms with E-state index in [1.165, 1.54) is 5.56 Å². The fraction of sp³-hybridized carbons (Fsp3) is 0.545. The summed E-state index contributed by atoms with van der Waals surface area (Å²) in [7, 11) is 1.63. The molecule has 0 amide bonds. The molecule has 4 heteroatoms. The predicted octanol–water partition coefficient (Wildman–Crippen LogP) is 0.221. The largest absolute Gasteiger partial charge is 0.395 e. The van der Waals surface area contributed by atoms with E-state index in [2.05, 4.69) is 10.3 Å². The van der Waals surface area contributed by atoms with Crippen molar-refractivity contribution in [1.82, 2.24) is 10.3 Å². The average molecular weight is 210 g/mol. The second-order valence-corrected chi connectivity index (χ2v) is 3.40. The van der Waals surface area contributed by atoms with Crippen molar-refractivity contribution < 1.29 is 9.84 Å². The quantitative estimate of drug-likeness (QED) is 0.676. The number of hydrogen-bond acceptors (Lipinski definition) is 4. The third-order valence-corrected chi connectivity index (χ3v) is 2.16. The molecule has 0 aliphatic heterocycles. The van der Waals surface area contributed by atoms with E-state index in [0.717, 1.165) is 13.0 Å². The monoisotopic (exact) mass is 210 g/mol. The smallest absolute Gasteiger partial charge is 0.0638 e. The Morgan fingerprint density at radius 1 is 1.60 bits per heavy atom. The van der Waals surface area contributed by atoms with E-state index < -0.39 is 0 Å². The minimum atomic E-state index is 0.0201. The molecule has 0 bridgehead atoms. The number of aliphatic hydroxyl groups is 1. The average Bonchev–Trinajstić information content (AvgIpc) is 2.29. The predicted molar refractivity (Wildman–Crippen MR) is 58.7 cm³/mol. The van der Waals surface area contributed by atoms with Crippen LogP contribution in [0.3, 0.4) is 0 Å². The van der Waals surface area contributed by atoms with Crippen LogP contribution >= 0.6 is 0 Å². The lowest BCUT2D eigenvalue weighted by atomic mass is 10.2. The topological polar surface area (TPSA) is 54.4 Å². The summed E-state index contributed by atoms with van der Waals surface area (Å²) in [5.41, 5.74) is 1.19. The summed E-state index contributed by atoms with van der Waals surface area (Å²) in [5, 5.41) is 12.2. The summed E-state index contributed by atoms with van der Waals surface area (Å²) in [6.45, 7) is 1.45. The van der Waals surface area contributed by atoms with Gasteiger partial charge in [0, 0.05) is 19.5 Å². The van der Waals surface area contributed by atoms with Gasteiger partial charge in [-0.05, 0) is 24.6 Å². The Hall–Kier alpha value is -0.970. The highest BCUT2D eigenvalue weighted by atomic mass is 16.5. The van der Waals surface area contributed by atoms with Crippen LogP contribution < -0.4 is 5.32 Å². The van der Waals surface area contributed by atoms with Gasteiger partial charge in [-0.25, -0.2) is 0 Å². The third kappa shape index (κ3) is 4.88. The van der Waals surface area contributed by atoms with Crippen molar-refractivity contribution in [3.8, 4) is 0 Å². The first kappa shape index (κ1) is 12.1. The highest BCUT2D eigenvalue weighted by Gasteiger charge is 2.04. The normalized spacial score (nSPS) is 12.7. The second kappa shape index (κ2) is 7.34. The molecule has 0 aromatic carbocycles. The first-order valence-corrected chi connectivity index (χ1v) is 5.09. The van der Waals surface area contributed by atoms with Crippen LogP contribution in [0.15, 0.2) is 24.5 Å². The molecule has 84 valence electrons. The molecular formula is C11H18N2O2. The van der Waals surface area contributed by atoms with Gasteiger partial charge in [0.05, 0.1) is 19.3 Å². The van der Waals surface area contributed by atoms with E-state index in [1.54, 1.807) is 13.3 Å². The van der Waals surface area contributed by atoms with Gasteiger partial charge in [-0.1, -0.05) is 6.07 Å². The molecule has 1 aromatic heterocycles. The first-order chi connectivity index (χ1) is 7.36. The van der Waals surface area contributed by atoms with Crippen molar-refractivity contribution in [2.75, 3.05) is 26.9 Å². The number of aromatic nitrogens is 1. The third-order valence-electron chi connectivity index (χ3n) is 2.16. The minimum Gasteiger partial charge on any atom is -0.395 e. The van der Waals surface area contributed by atoms with Gasteiger partial charge < -0.3 is 15.2 Å². The van der Waals surface area contributed by atoms with Gasteiger partial charge in [-0.3, -0.25) is 4.98 Å². The Kier molecular flexibility index (Phi) is 5.92. The highest BCUT2D eigenvalue weighted by molar-refractivity contribution is 5.08. The molecule has 0 aliphatic carbocycles. The van der Waals surface area contributed by atoms with Crippen LogP contribution in [0.25, 0.3) is 0 Å². The van der Waals surface area contributed by atoms with Crippen molar-refractivity contribution in [1.29, 1.82) is 0 Å². The second-order valence-electron chi connectivity index (χ2n) is 3.40. The van der Waals surface area contributed by atoms with E-state index in [9.17, 15) is 0 Å². The van der Waals surface area contributed by atoms with Crippen LogP contribution in [-0.4, -0.2) is 43.0 Å². The molecule has 2 N–H and O–H groups in total. The van der Waals surface area contributed by atoms with Crippen molar-refractivity contribution in [3.05, 3.63) is 30.1 Å². The highest BCUT2D eigenvalue weighted by Crippen LogP contribution is 1.96. The molecule has 1 aromatic rings. The summed E-state index contributed by atoms with van der Waals surface area (Å²) in [6.07, 6.45) is 4.53. The number of nitrogens with one attached hydrogen (secondary N) is 1. The number of rotatable bonds is 7. The van der Waals surface area contributed by atoms with Crippen molar-refractivity contribution in [3.63, 3.8) is 0 Å². The van der Waals surface area contributed by atoms with Crippen LogP contribution in [0.2, 0.25) is 0 Å². The summed E-state index contributed by atoms with van der Waals surface area (Å²) in [4.78, 5) is 4.04. The Morgan fingerprint density at radius 2 is 2.47 bits per heavy atom. The Bertz CT molecular complexity index is 254. The maximum Gasteiger partial charge on any atom is 0.0638 e. The molecule has 0 saturated heterocycles.